The third kappa shape index (κ3) is 8.46. The van der Waals surface area contributed by atoms with Crippen LogP contribution < -0.4 is 5.32 Å². The Labute approximate surface area is 94.8 Å². The van der Waals surface area contributed by atoms with E-state index in [1.165, 1.54) is 19.3 Å². The van der Waals surface area contributed by atoms with E-state index in [2.05, 4.69) is 33.0 Å². The molecule has 2 heteroatoms. The van der Waals surface area contributed by atoms with Gasteiger partial charge in [-0.25, -0.2) is 0 Å². The molecule has 0 spiro atoms. The lowest BCUT2D eigenvalue weighted by atomic mass is 9.79. The smallest absolute Gasteiger partial charge is 0.216 e. The first-order valence-corrected chi connectivity index (χ1v) is 6.08. The maximum Gasteiger partial charge on any atom is 0.216 e. The number of carbonyl (C=O) groups is 1. The summed E-state index contributed by atoms with van der Waals surface area (Å²) in [7, 11) is 0. The quantitative estimate of drug-likeness (QED) is 0.673. The Balaban J connectivity index is 3.35. The molecular formula is C13H27NO. The number of amides is 1. The van der Waals surface area contributed by atoms with Gasteiger partial charge in [-0.1, -0.05) is 47.0 Å². The van der Waals surface area contributed by atoms with Crippen LogP contribution in [0.3, 0.4) is 0 Å². The Hall–Kier alpha value is -0.530. The first-order chi connectivity index (χ1) is 6.84. The number of hydrogen-bond donors (Lipinski definition) is 1. The normalized spacial score (nSPS) is 13.7. The second-order valence-electron chi connectivity index (χ2n) is 5.60. The van der Waals surface area contributed by atoms with Gasteiger partial charge in [0.15, 0.2) is 0 Å². The average molecular weight is 213 g/mol. The molecule has 1 amide bonds. The Morgan fingerprint density at radius 1 is 1.20 bits per heavy atom. The van der Waals surface area contributed by atoms with Crippen molar-refractivity contribution in [2.24, 2.45) is 11.3 Å². The Morgan fingerprint density at radius 2 is 1.80 bits per heavy atom. The van der Waals surface area contributed by atoms with E-state index in [-0.39, 0.29) is 5.91 Å². The van der Waals surface area contributed by atoms with Crippen molar-refractivity contribution in [2.75, 3.05) is 6.54 Å². The fourth-order valence-corrected chi connectivity index (χ4v) is 1.45. The zero-order chi connectivity index (χ0) is 11.9. The average Bonchev–Trinajstić information content (AvgIpc) is 2.08. The summed E-state index contributed by atoms with van der Waals surface area (Å²) >= 11 is 0. The van der Waals surface area contributed by atoms with Crippen LogP contribution in [0, 0.1) is 11.3 Å². The van der Waals surface area contributed by atoms with Crippen molar-refractivity contribution in [1.29, 1.82) is 0 Å². The van der Waals surface area contributed by atoms with Crippen LogP contribution in [0.25, 0.3) is 0 Å². The summed E-state index contributed by atoms with van der Waals surface area (Å²) in [5.41, 5.74) is 0.428. The Morgan fingerprint density at radius 3 is 2.27 bits per heavy atom. The highest BCUT2D eigenvalue weighted by Gasteiger charge is 2.18. The Bertz CT molecular complexity index is 181. The summed E-state index contributed by atoms with van der Waals surface area (Å²) in [6.45, 7) is 11.6. The topological polar surface area (TPSA) is 29.1 Å². The van der Waals surface area contributed by atoms with E-state index < -0.39 is 0 Å². The predicted octanol–water partition coefficient (Wildman–Crippen LogP) is 3.37. The molecule has 0 heterocycles. The molecule has 0 aromatic carbocycles. The molecule has 15 heavy (non-hydrogen) atoms. The first-order valence-electron chi connectivity index (χ1n) is 6.08. The van der Waals surface area contributed by atoms with E-state index in [9.17, 15) is 4.79 Å². The minimum Gasteiger partial charge on any atom is -0.356 e. The molecule has 0 unspecified atom stereocenters. The van der Waals surface area contributed by atoms with Gasteiger partial charge in [-0.2, -0.15) is 0 Å². The molecule has 0 aliphatic carbocycles. The zero-order valence-electron chi connectivity index (χ0n) is 11.0. The van der Waals surface area contributed by atoms with Gasteiger partial charge >= 0.3 is 0 Å². The van der Waals surface area contributed by atoms with Gasteiger partial charge in [0.1, 0.15) is 0 Å². The fourth-order valence-electron chi connectivity index (χ4n) is 1.45. The van der Waals surface area contributed by atoms with Crippen LogP contribution in [0.1, 0.15) is 60.3 Å². The summed E-state index contributed by atoms with van der Waals surface area (Å²) in [6, 6.07) is 0. The van der Waals surface area contributed by atoms with Crippen molar-refractivity contribution in [3.63, 3.8) is 0 Å². The predicted molar refractivity (Wildman–Crippen MR) is 65.8 cm³/mol. The molecule has 1 N–H and O–H groups in total. The molecule has 0 saturated heterocycles. The lowest BCUT2D eigenvalue weighted by Crippen LogP contribution is -2.21. The molecule has 0 bridgehead atoms. The molecular weight excluding hydrogens is 186 g/mol. The minimum absolute atomic E-state index is 0.0815. The summed E-state index contributed by atoms with van der Waals surface area (Å²) in [6.07, 6.45) is 4.90. The molecule has 0 aromatic rings. The lowest BCUT2D eigenvalue weighted by Gasteiger charge is -2.27. The van der Waals surface area contributed by atoms with Gasteiger partial charge in [0.25, 0.3) is 0 Å². The second kappa shape index (κ2) is 6.86. The number of rotatable bonds is 6. The van der Waals surface area contributed by atoms with Gasteiger partial charge < -0.3 is 5.32 Å². The van der Waals surface area contributed by atoms with Crippen molar-refractivity contribution < 1.29 is 4.79 Å². The SMILES string of the molecule is CC(=O)NCCCCC[C@@H](C)C(C)(C)C. The minimum atomic E-state index is 0.0815. The number of hydrogen-bond acceptors (Lipinski definition) is 1. The molecule has 1 atom stereocenters. The first kappa shape index (κ1) is 14.5. The fraction of sp³-hybridized carbons (Fsp3) is 0.923. The van der Waals surface area contributed by atoms with E-state index in [0.29, 0.717) is 5.41 Å². The van der Waals surface area contributed by atoms with Gasteiger partial charge in [-0.05, 0) is 17.8 Å². The number of nitrogens with one attached hydrogen (secondary N) is 1. The highest BCUT2D eigenvalue weighted by Crippen LogP contribution is 2.29. The van der Waals surface area contributed by atoms with Gasteiger partial charge in [-0.3, -0.25) is 4.79 Å². The number of carbonyl (C=O) groups excluding carboxylic acids is 1. The highest BCUT2D eigenvalue weighted by molar-refractivity contribution is 5.72. The third-order valence-corrected chi connectivity index (χ3v) is 3.17. The van der Waals surface area contributed by atoms with Crippen LogP contribution in [-0.2, 0) is 4.79 Å². The number of unbranched alkanes of at least 4 members (excludes halogenated alkanes) is 2. The van der Waals surface area contributed by atoms with E-state index in [0.717, 1.165) is 18.9 Å². The van der Waals surface area contributed by atoms with Crippen molar-refractivity contribution in [1.82, 2.24) is 5.32 Å². The van der Waals surface area contributed by atoms with Crippen LogP contribution in [0.2, 0.25) is 0 Å². The van der Waals surface area contributed by atoms with Crippen molar-refractivity contribution in [2.45, 2.75) is 60.3 Å². The third-order valence-electron chi connectivity index (χ3n) is 3.17. The second-order valence-corrected chi connectivity index (χ2v) is 5.60. The molecule has 90 valence electrons. The maximum absolute atomic E-state index is 10.6. The molecule has 2 nitrogen and oxygen atoms in total. The maximum atomic E-state index is 10.6. The monoisotopic (exact) mass is 213 g/mol. The van der Waals surface area contributed by atoms with E-state index in [1.807, 2.05) is 0 Å². The molecule has 0 saturated carbocycles. The van der Waals surface area contributed by atoms with Gasteiger partial charge in [0.05, 0.1) is 0 Å². The van der Waals surface area contributed by atoms with Gasteiger partial charge in [0, 0.05) is 13.5 Å². The van der Waals surface area contributed by atoms with Crippen molar-refractivity contribution in [3.05, 3.63) is 0 Å². The van der Waals surface area contributed by atoms with Crippen LogP contribution in [0.15, 0.2) is 0 Å². The highest BCUT2D eigenvalue weighted by atomic mass is 16.1. The lowest BCUT2D eigenvalue weighted by molar-refractivity contribution is -0.118. The van der Waals surface area contributed by atoms with Crippen LogP contribution in [-0.4, -0.2) is 12.5 Å². The van der Waals surface area contributed by atoms with Crippen LogP contribution in [0.4, 0.5) is 0 Å². The molecule has 0 radical (unpaired) electrons. The standard InChI is InChI=1S/C13H27NO/c1-11(13(3,4)5)9-7-6-8-10-14-12(2)15/h11H,6-10H2,1-5H3,(H,14,15)/t11-/m1/s1. The van der Waals surface area contributed by atoms with E-state index in [4.69, 9.17) is 0 Å². The van der Waals surface area contributed by atoms with Gasteiger partial charge in [-0.15, -0.1) is 0 Å². The molecule has 0 aliphatic heterocycles. The summed E-state index contributed by atoms with van der Waals surface area (Å²) in [5, 5.41) is 2.82. The van der Waals surface area contributed by atoms with E-state index >= 15 is 0 Å². The molecule has 0 aliphatic rings. The van der Waals surface area contributed by atoms with Crippen molar-refractivity contribution in [3.8, 4) is 0 Å². The largest absolute Gasteiger partial charge is 0.356 e. The van der Waals surface area contributed by atoms with Crippen molar-refractivity contribution >= 4 is 5.91 Å². The summed E-state index contributed by atoms with van der Waals surface area (Å²) < 4.78 is 0. The summed E-state index contributed by atoms with van der Waals surface area (Å²) in [4.78, 5) is 10.6. The van der Waals surface area contributed by atoms with Crippen LogP contribution in [0.5, 0.6) is 0 Å². The molecule has 0 fully saturated rings. The molecule has 0 rings (SSSR count). The molecule has 0 aromatic heterocycles. The zero-order valence-corrected chi connectivity index (χ0v) is 11.0. The summed E-state index contributed by atoms with van der Waals surface area (Å²) in [5.74, 6) is 0.858. The van der Waals surface area contributed by atoms with Crippen LogP contribution >= 0.6 is 0 Å². The Kier molecular flexibility index (Phi) is 6.62. The van der Waals surface area contributed by atoms with E-state index in [1.54, 1.807) is 6.92 Å². The van der Waals surface area contributed by atoms with Gasteiger partial charge in [0.2, 0.25) is 5.91 Å².